The van der Waals surface area contributed by atoms with Crippen LogP contribution in [0.1, 0.15) is 13.3 Å². The van der Waals surface area contributed by atoms with Crippen LogP contribution in [-0.4, -0.2) is 32.4 Å². The van der Waals surface area contributed by atoms with Gasteiger partial charge in [0.15, 0.2) is 0 Å². The average molecular weight is 304 g/mol. The lowest BCUT2D eigenvalue weighted by Gasteiger charge is -2.35. The minimum absolute atomic E-state index is 0.0574. The van der Waals surface area contributed by atoms with Gasteiger partial charge in [0.05, 0.1) is 0 Å². The van der Waals surface area contributed by atoms with Crippen LogP contribution in [0.15, 0.2) is 23.1 Å². The molecular weight excluding hydrogens is 286 g/mol. The maximum atomic E-state index is 13.7. The highest BCUT2D eigenvalue weighted by Gasteiger charge is 2.34. The van der Waals surface area contributed by atoms with Gasteiger partial charge >= 0.3 is 0 Å². The van der Waals surface area contributed by atoms with Gasteiger partial charge in [-0.1, -0.05) is 6.92 Å². The van der Waals surface area contributed by atoms with E-state index in [0.29, 0.717) is 31.5 Å². The largest absolute Gasteiger partial charge is 0.330 e. The molecule has 0 spiro atoms. The van der Waals surface area contributed by atoms with Crippen molar-refractivity contribution in [3.8, 4) is 0 Å². The van der Waals surface area contributed by atoms with Gasteiger partial charge in [0.25, 0.3) is 0 Å². The summed E-state index contributed by atoms with van der Waals surface area (Å²) in [6, 6.07) is 2.50. The highest BCUT2D eigenvalue weighted by Crippen LogP contribution is 2.28. The van der Waals surface area contributed by atoms with Crippen LogP contribution in [-0.2, 0) is 10.0 Å². The van der Waals surface area contributed by atoms with Crippen molar-refractivity contribution in [3.63, 3.8) is 0 Å². The van der Waals surface area contributed by atoms with Crippen molar-refractivity contribution in [2.75, 3.05) is 19.6 Å². The molecule has 2 N–H and O–H groups in total. The molecule has 2 rings (SSSR count). The molecule has 1 fully saturated rings. The van der Waals surface area contributed by atoms with Crippen LogP contribution >= 0.6 is 0 Å². The Morgan fingerprint density at radius 3 is 2.70 bits per heavy atom. The van der Waals surface area contributed by atoms with Gasteiger partial charge in [-0.05, 0) is 36.9 Å². The van der Waals surface area contributed by atoms with E-state index in [9.17, 15) is 17.2 Å². The second-order valence-electron chi connectivity index (χ2n) is 5.20. The van der Waals surface area contributed by atoms with Gasteiger partial charge in [0.1, 0.15) is 16.5 Å². The number of nitrogens with two attached hydrogens (primary N) is 1. The molecule has 20 heavy (non-hydrogen) atoms. The van der Waals surface area contributed by atoms with Crippen molar-refractivity contribution in [2.24, 2.45) is 17.6 Å². The average Bonchev–Trinajstić information content (AvgIpc) is 2.38. The van der Waals surface area contributed by atoms with Gasteiger partial charge in [-0.15, -0.1) is 0 Å². The topological polar surface area (TPSA) is 63.4 Å². The Labute approximate surface area is 117 Å². The predicted molar refractivity (Wildman–Crippen MR) is 71.4 cm³/mol. The van der Waals surface area contributed by atoms with E-state index >= 15 is 0 Å². The first-order valence-corrected chi connectivity index (χ1v) is 7.95. The van der Waals surface area contributed by atoms with E-state index in [0.717, 1.165) is 12.1 Å². The van der Waals surface area contributed by atoms with Crippen molar-refractivity contribution in [1.82, 2.24) is 4.31 Å². The van der Waals surface area contributed by atoms with Crippen molar-refractivity contribution >= 4 is 10.0 Å². The smallest absolute Gasteiger partial charge is 0.245 e. The fraction of sp³-hybridized carbons (Fsp3) is 0.538. The van der Waals surface area contributed by atoms with Crippen molar-refractivity contribution < 1.29 is 17.2 Å². The number of rotatable bonds is 3. The molecule has 0 aromatic heterocycles. The summed E-state index contributed by atoms with van der Waals surface area (Å²) in [5.74, 6) is -1.46. The van der Waals surface area contributed by atoms with Gasteiger partial charge in [-0.2, -0.15) is 4.31 Å². The van der Waals surface area contributed by atoms with Gasteiger partial charge in [-0.25, -0.2) is 17.2 Å². The zero-order valence-electron chi connectivity index (χ0n) is 11.2. The molecule has 1 aromatic rings. The third-order valence-electron chi connectivity index (χ3n) is 3.89. The minimum atomic E-state index is -3.94. The number of nitrogens with zero attached hydrogens (tertiary/aromatic N) is 1. The molecule has 0 amide bonds. The lowest BCUT2D eigenvalue weighted by Crippen LogP contribution is -2.45. The van der Waals surface area contributed by atoms with Gasteiger partial charge in [0.2, 0.25) is 10.0 Å². The highest BCUT2D eigenvalue weighted by molar-refractivity contribution is 7.89. The third kappa shape index (κ3) is 2.84. The number of sulfonamides is 1. The van der Waals surface area contributed by atoms with Crippen LogP contribution in [0.2, 0.25) is 0 Å². The SMILES string of the molecule is CC1CCN(S(=O)(=O)c2ccc(F)cc2F)CC1CN. The Hall–Kier alpha value is -1.05. The van der Waals surface area contributed by atoms with Crippen LogP contribution in [0.25, 0.3) is 0 Å². The number of hydrogen-bond acceptors (Lipinski definition) is 3. The van der Waals surface area contributed by atoms with Crippen LogP contribution in [0.5, 0.6) is 0 Å². The molecule has 1 aliphatic heterocycles. The lowest BCUT2D eigenvalue weighted by atomic mass is 9.88. The predicted octanol–water partition coefficient (Wildman–Crippen LogP) is 1.57. The molecule has 2 unspecified atom stereocenters. The van der Waals surface area contributed by atoms with E-state index in [1.54, 1.807) is 0 Å². The third-order valence-corrected chi connectivity index (χ3v) is 5.79. The Kier molecular flexibility index (Phi) is 4.41. The highest BCUT2D eigenvalue weighted by atomic mass is 32.2. The van der Waals surface area contributed by atoms with Crippen LogP contribution < -0.4 is 5.73 Å². The maximum absolute atomic E-state index is 13.7. The monoisotopic (exact) mass is 304 g/mol. The standard InChI is InChI=1S/C13H18F2N2O2S/c1-9-4-5-17(8-10(9)7-16)20(18,19)13-3-2-11(14)6-12(13)15/h2-3,6,9-10H,4-5,7-8,16H2,1H3. The molecule has 1 heterocycles. The van der Waals surface area contributed by atoms with Crippen molar-refractivity contribution in [2.45, 2.75) is 18.2 Å². The van der Waals surface area contributed by atoms with E-state index in [2.05, 4.69) is 0 Å². The Balaban J connectivity index is 2.31. The molecule has 1 aliphatic rings. The van der Waals surface area contributed by atoms with Crippen molar-refractivity contribution in [3.05, 3.63) is 29.8 Å². The first-order chi connectivity index (χ1) is 9.36. The summed E-state index contributed by atoms with van der Waals surface area (Å²) in [6.45, 7) is 3.02. The first-order valence-electron chi connectivity index (χ1n) is 6.51. The number of halogens is 2. The second-order valence-corrected chi connectivity index (χ2v) is 7.11. The Morgan fingerprint density at radius 2 is 2.10 bits per heavy atom. The van der Waals surface area contributed by atoms with Gasteiger partial charge in [-0.3, -0.25) is 0 Å². The summed E-state index contributed by atoms with van der Waals surface area (Å²) < 4.78 is 52.6. The molecule has 7 heteroatoms. The molecular formula is C13H18F2N2O2S. The fourth-order valence-electron chi connectivity index (χ4n) is 2.46. The lowest BCUT2D eigenvalue weighted by molar-refractivity contribution is 0.203. The van der Waals surface area contributed by atoms with E-state index in [-0.39, 0.29) is 12.5 Å². The first kappa shape index (κ1) is 15.3. The summed E-state index contributed by atoms with van der Waals surface area (Å²) in [6.07, 6.45) is 0.684. The zero-order valence-corrected chi connectivity index (χ0v) is 12.0. The van der Waals surface area contributed by atoms with Gasteiger partial charge in [0, 0.05) is 19.2 Å². The summed E-state index contributed by atoms with van der Waals surface area (Å²) in [5.41, 5.74) is 5.64. The summed E-state index contributed by atoms with van der Waals surface area (Å²) >= 11 is 0. The quantitative estimate of drug-likeness (QED) is 0.922. The molecule has 1 aromatic carbocycles. The normalized spacial score (nSPS) is 24.8. The Bertz CT molecular complexity index is 592. The Morgan fingerprint density at radius 1 is 1.40 bits per heavy atom. The number of hydrogen-bond donors (Lipinski definition) is 1. The van der Waals surface area contributed by atoms with E-state index in [1.165, 1.54) is 4.31 Å². The molecule has 4 nitrogen and oxygen atoms in total. The molecule has 0 aliphatic carbocycles. The maximum Gasteiger partial charge on any atom is 0.245 e. The molecule has 0 saturated carbocycles. The summed E-state index contributed by atoms with van der Waals surface area (Å²) in [5, 5.41) is 0. The van der Waals surface area contributed by atoms with Crippen LogP contribution in [0, 0.1) is 23.5 Å². The number of benzene rings is 1. The molecule has 2 atom stereocenters. The van der Waals surface area contributed by atoms with Crippen molar-refractivity contribution in [1.29, 1.82) is 0 Å². The molecule has 112 valence electrons. The molecule has 0 bridgehead atoms. The number of piperidine rings is 1. The molecule has 1 saturated heterocycles. The fourth-order valence-corrected chi connectivity index (χ4v) is 4.02. The minimum Gasteiger partial charge on any atom is -0.330 e. The van der Waals surface area contributed by atoms with Crippen LogP contribution in [0.4, 0.5) is 8.78 Å². The van der Waals surface area contributed by atoms with Gasteiger partial charge < -0.3 is 5.73 Å². The van der Waals surface area contributed by atoms with Crippen LogP contribution in [0.3, 0.4) is 0 Å². The van der Waals surface area contributed by atoms with E-state index < -0.39 is 26.6 Å². The second kappa shape index (κ2) is 5.75. The molecule has 0 radical (unpaired) electrons. The summed E-state index contributed by atoms with van der Waals surface area (Å²) in [4.78, 5) is -0.482. The summed E-state index contributed by atoms with van der Waals surface area (Å²) in [7, 11) is -3.94. The van der Waals surface area contributed by atoms with E-state index in [1.807, 2.05) is 6.92 Å². The van der Waals surface area contributed by atoms with E-state index in [4.69, 9.17) is 5.73 Å². The zero-order chi connectivity index (χ0) is 14.9.